The van der Waals surface area contributed by atoms with E-state index < -0.39 is 0 Å². The Morgan fingerprint density at radius 2 is 1.82 bits per heavy atom. The second kappa shape index (κ2) is 8.92. The highest BCUT2D eigenvalue weighted by atomic mass is 79.9. The summed E-state index contributed by atoms with van der Waals surface area (Å²) in [6.07, 6.45) is 5.50. The number of carbonyl (C=O) groups is 1. The van der Waals surface area contributed by atoms with Crippen LogP contribution in [0.3, 0.4) is 0 Å². The van der Waals surface area contributed by atoms with Gasteiger partial charge in [0.1, 0.15) is 0 Å². The van der Waals surface area contributed by atoms with E-state index in [1.165, 1.54) is 19.3 Å². The van der Waals surface area contributed by atoms with Crippen LogP contribution < -0.4 is 0 Å². The third kappa shape index (κ3) is 5.87. The molecular weight excluding hydrogens is 280 g/mol. The van der Waals surface area contributed by atoms with Crippen LogP contribution in [0.15, 0.2) is 0 Å². The van der Waals surface area contributed by atoms with E-state index >= 15 is 0 Å². The lowest BCUT2D eigenvalue weighted by atomic mass is 10.1. The molecule has 100 valence electrons. The molecule has 0 atom stereocenters. The average molecular weight is 305 g/mol. The van der Waals surface area contributed by atoms with Crippen LogP contribution in [0.2, 0.25) is 0 Å². The van der Waals surface area contributed by atoms with Crippen molar-refractivity contribution in [2.75, 3.05) is 38.1 Å². The molecule has 0 saturated carbocycles. The van der Waals surface area contributed by atoms with Crippen LogP contribution in [0.1, 0.15) is 39.0 Å². The first-order chi connectivity index (χ1) is 8.27. The van der Waals surface area contributed by atoms with Gasteiger partial charge in [-0.25, -0.2) is 0 Å². The lowest BCUT2D eigenvalue weighted by Gasteiger charge is -2.34. The van der Waals surface area contributed by atoms with Crippen molar-refractivity contribution >= 4 is 21.8 Å². The number of hydrogen-bond acceptors (Lipinski definition) is 2. The summed E-state index contributed by atoms with van der Waals surface area (Å²) >= 11 is 3.46. The lowest BCUT2D eigenvalue weighted by molar-refractivity contribution is -0.133. The molecule has 1 aliphatic rings. The maximum absolute atomic E-state index is 11.9. The number of carbonyl (C=O) groups excluding carboxylic acids is 1. The number of halogens is 1. The molecule has 17 heavy (non-hydrogen) atoms. The van der Waals surface area contributed by atoms with Crippen molar-refractivity contribution in [3.63, 3.8) is 0 Å². The molecule has 3 nitrogen and oxygen atoms in total. The minimum absolute atomic E-state index is 0.361. The Labute approximate surface area is 114 Å². The molecule has 0 aromatic heterocycles. The third-order valence-electron chi connectivity index (χ3n) is 3.37. The second-order valence-electron chi connectivity index (χ2n) is 4.72. The van der Waals surface area contributed by atoms with E-state index in [2.05, 4.69) is 27.8 Å². The number of rotatable bonds is 7. The van der Waals surface area contributed by atoms with Gasteiger partial charge in [-0.05, 0) is 6.42 Å². The molecule has 1 saturated heterocycles. The Morgan fingerprint density at radius 3 is 2.41 bits per heavy atom. The van der Waals surface area contributed by atoms with Gasteiger partial charge in [-0.2, -0.15) is 0 Å². The summed E-state index contributed by atoms with van der Waals surface area (Å²) < 4.78 is 0. The summed E-state index contributed by atoms with van der Waals surface area (Å²) in [4.78, 5) is 16.4. The number of amides is 1. The van der Waals surface area contributed by atoms with Gasteiger partial charge in [-0.15, -0.1) is 0 Å². The molecule has 4 heteroatoms. The largest absolute Gasteiger partial charge is 0.340 e. The highest BCUT2D eigenvalue weighted by Crippen LogP contribution is 2.08. The van der Waals surface area contributed by atoms with E-state index in [0.29, 0.717) is 5.91 Å². The van der Waals surface area contributed by atoms with E-state index in [1.807, 2.05) is 4.90 Å². The highest BCUT2D eigenvalue weighted by molar-refractivity contribution is 9.09. The summed E-state index contributed by atoms with van der Waals surface area (Å²) in [6, 6.07) is 0. The molecule has 1 fully saturated rings. The van der Waals surface area contributed by atoms with Crippen LogP contribution in [0, 0.1) is 0 Å². The van der Waals surface area contributed by atoms with Gasteiger partial charge in [0.15, 0.2) is 0 Å². The quantitative estimate of drug-likeness (QED) is 0.533. The zero-order valence-electron chi connectivity index (χ0n) is 11.0. The standard InChI is InChI=1S/C13H25BrN2O/c1-2-3-4-5-6-13(17)16-11-9-15(8-7-14)10-12-16/h2-12H2,1H3. The second-order valence-corrected chi connectivity index (χ2v) is 5.52. The fourth-order valence-electron chi connectivity index (χ4n) is 2.20. The molecule has 1 heterocycles. The first-order valence-corrected chi connectivity index (χ1v) is 7.96. The van der Waals surface area contributed by atoms with Crippen LogP contribution in [-0.2, 0) is 4.79 Å². The summed E-state index contributed by atoms with van der Waals surface area (Å²) in [5, 5.41) is 1.03. The Hall–Kier alpha value is -0.0900. The number of unbranched alkanes of at least 4 members (excludes halogenated alkanes) is 3. The molecule has 1 amide bonds. The van der Waals surface area contributed by atoms with E-state index in [1.54, 1.807) is 0 Å². The molecule has 0 aromatic rings. The normalized spacial score (nSPS) is 17.4. The summed E-state index contributed by atoms with van der Waals surface area (Å²) in [5.74, 6) is 0.361. The van der Waals surface area contributed by atoms with Crippen LogP contribution in [0.25, 0.3) is 0 Å². The van der Waals surface area contributed by atoms with Crippen molar-refractivity contribution in [2.45, 2.75) is 39.0 Å². The number of nitrogens with zero attached hydrogens (tertiary/aromatic N) is 2. The van der Waals surface area contributed by atoms with Crippen molar-refractivity contribution in [3.05, 3.63) is 0 Å². The molecule has 1 rings (SSSR count). The molecule has 0 unspecified atom stereocenters. The fourth-order valence-corrected chi connectivity index (χ4v) is 2.70. The van der Waals surface area contributed by atoms with Crippen LogP contribution in [0.5, 0.6) is 0 Å². The first-order valence-electron chi connectivity index (χ1n) is 6.84. The van der Waals surface area contributed by atoms with Gasteiger partial charge < -0.3 is 4.90 Å². The maximum Gasteiger partial charge on any atom is 0.222 e. The third-order valence-corrected chi connectivity index (χ3v) is 3.72. The lowest BCUT2D eigenvalue weighted by Crippen LogP contribution is -2.49. The number of hydrogen-bond donors (Lipinski definition) is 0. The van der Waals surface area contributed by atoms with Gasteiger partial charge in [0.2, 0.25) is 5.91 Å². The molecule has 0 spiro atoms. The van der Waals surface area contributed by atoms with E-state index in [4.69, 9.17) is 0 Å². The molecular formula is C13H25BrN2O. The van der Waals surface area contributed by atoms with Crippen molar-refractivity contribution in [3.8, 4) is 0 Å². The minimum Gasteiger partial charge on any atom is -0.340 e. The topological polar surface area (TPSA) is 23.6 Å². The molecule has 0 aromatic carbocycles. The van der Waals surface area contributed by atoms with Gasteiger partial charge >= 0.3 is 0 Å². The van der Waals surface area contributed by atoms with Gasteiger partial charge in [-0.1, -0.05) is 42.1 Å². The van der Waals surface area contributed by atoms with E-state index in [-0.39, 0.29) is 0 Å². The average Bonchev–Trinajstić information content (AvgIpc) is 2.36. The zero-order valence-corrected chi connectivity index (χ0v) is 12.5. The summed E-state index contributed by atoms with van der Waals surface area (Å²) in [6.45, 7) is 7.20. The van der Waals surface area contributed by atoms with Gasteiger partial charge in [-0.3, -0.25) is 9.69 Å². The highest BCUT2D eigenvalue weighted by Gasteiger charge is 2.19. The SMILES string of the molecule is CCCCCCC(=O)N1CCN(CCBr)CC1. The first kappa shape index (κ1) is 15.0. The van der Waals surface area contributed by atoms with Gasteiger partial charge in [0, 0.05) is 44.5 Å². The Morgan fingerprint density at radius 1 is 1.12 bits per heavy atom. The van der Waals surface area contributed by atoms with Crippen LogP contribution in [-0.4, -0.2) is 53.8 Å². The minimum atomic E-state index is 0.361. The monoisotopic (exact) mass is 304 g/mol. The summed E-state index contributed by atoms with van der Waals surface area (Å²) in [5.41, 5.74) is 0. The predicted molar refractivity (Wildman–Crippen MR) is 75.6 cm³/mol. The van der Waals surface area contributed by atoms with Crippen molar-refractivity contribution < 1.29 is 4.79 Å². The van der Waals surface area contributed by atoms with Crippen molar-refractivity contribution in [1.29, 1.82) is 0 Å². The van der Waals surface area contributed by atoms with Crippen LogP contribution in [0.4, 0.5) is 0 Å². The van der Waals surface area contributed by atoms with Gasteiger partial charge in [0.05, 0.1) is 0 Å². The zero-order chi connectivity index (χ0) is 12.5. The maximum atomic E-state index is 11.9. The van der Waals surface area contributed by atoms with Crippen molar-refractivity contribution in [2.24, 2.45) is 0 Å². The van der Waals surface area contributed by atoms with E-state index in [0.717, 1.165) is 50.9 Å². The Bertz CT molecular complexity index is 215. The molecule has 0 radical (unpaired) electrons. The molecule has 0 N–H and O–H groups in total. The van der Waals surface area contributed by atoms with E-state index in [9.17, 15) is 4.79 Å². The number of piperazine rings is 1. The molecule has 0 aliphatic carbocycles. The Kier molecular flexibility index (Phi) is 7.86. The van der Waals surface area contributed by atoms with Crippen LogP contribution >= 0.6 is 15.9 Å². The molecule has 1 aliphatic heterocycles. The summed E-state index contributed by atoms with van der Waals surface area (Å²) in [7, 11) is 0. The smallest absolute Gasteiger partial charge is 0.222 e. The van der Waals surface area contributed by atoms with Gasteiger partial charge in [0.25, 0.3) is 0 Å². The molecule has 0 bridgehead atoms. The number of alkyl halides is 1. The fraction of sp³-hybridized carbons (Fsp3) is 0.923. The Balaban J connectivity index is 2.12. The van der Waals surface area contributed by atoms with Crippen molar-refractivity contribution in [1.82, 2.24) is 9.80 Å². The predicted octanol–water partition coefficient (Wildman–Crippen LogP) is 2.50.